The molecule has 0 aromatic rings. The zero-order valence-corrected chi connectivity index (χ0v) is 14.2. The van der Waals surface area contributed by atoms with Crippen molar-refractivity contribution in [3.05, 3.63) is 11.1 Å². The molecule has 6 nitrogen and oxygen atoms in total. The van der Waals surface area contributed by atoms with Gasteiger partial charge in [0, 0.05) is 26.2 Å². The lowest BCUT2D eigenvalue weighted by molar-refractivity contribution is -0.151. The normalized spacial score (nSPS) is 34.7. The highest BCUT2D eigenvalue weighted by Gasteiger charge is 2.57. The second kappa shape index (κ2) is 6.24. The molecule has 3 rings (SSSR count). The van der Waals surface area contributed by atoms with E-state index in [0.29, 0.717) is 0 Å². The van der Waals surface area contributed by atoms with Gasteiger partial charge in [0.2, 0.25) is 5.91 Å². The van der Waals surface area contributed by atoms with Crippen molar-refractivity contribution in [3.63, 3.8) is 0 Å². The molecule has 2 N–H and O–H groups in total. The number of nitrogens with zero attached hydrogens (tertiary/aromatic N) is 2. The molecule has 0 radical (unpaired) electrons. The summed E-state index contributed by atoms with van der Waals surface area (Å²) >= 11 is 0. The van der Waals surface area contributed by atoms with Crippen molar-refractivity contribution < 1.29 is 14.7 Å². The summed E-state index contributed by atoms with van der Waals surface area (Å²) in [5.74, 6) is -1.76. The van der Waals surface area contributed by atoms with Crippen LogP contribution in [0.3, 0.4) is 0 Å². The Balaban J connectivity index is 1.76. The third-order valence-corrected chi connectivity index (χ3v) is 5.78. The van der Waals surface area contributed by atoms with Crippen LogP contribution in [-0.4, -0.2) is 60.1 Å². The third kappa shape index (κ3) is 2.90. The molecule has 4 atom stereocenters. The lowest BCUT2D eigenvalue weighted by Gasteiger charge is -2.34. The number of hydrogen-bond acceptors (Lipinski definition) is 4. The SMILES string of the molecule is CC(C)=C1[C@H]2CC[C@@H]1[C@@H](C(=O)O)[C@@H]2C(=O)NN1CCN(C)CC1. The fourth-order valence-electron chi connectivity index (χ4n) is 4.75. The minimum absolute atomic E-state index is 0.0470. The van der Waals surface area contributed by atoms with Crippen molar-refractivity contribution in [2.75, 3.05) is 33.2 Å². The second-order valence-electron chi connectivity index (χ2n) is 7.40. The van der Waals surface area contributed by atoms with Crippen LogP contribution in [0.15, 0.2) is 11.1 Å². The number of carboxylic acids is 1. The van der Waals surface area contributed by atoms with E-state index in [1.54, 1.807) is 0 Å². The molecule has 0 spiro atoms. The number of hydrazine groups is 1. The number of amides is 1. The molecule has 0 unspecified atom stereocenters. The number of carbonyl (C=O) groups excluding carboxylic acids is 1. The average Bonchev–Trinajstić information content (AvgIpc) is 3.05. The molecule has 1 amide bonds. The van der Waals surface area contributed by atoms with Crippen LogP contribution in [0.5, 0.6) is 0 Å². The molecule has 0 aromatic heterocycles. The van der Waals surface area contributed by atoms with Gasteiger partial charge >= 0.3 is 5.97 Å². The highest BCUT2D eigenvalue weighted by molar-refractivity contribution is 5.87. The lowest BCUT2D eigenvalue weighted by atomic mass is 9.79. The molecular formula is C17H27N3O3. The van der Waals surface area contributed by atoms with Crippen LogP contribution < -0.4 is 5.43 Å². The zero-order chi connectivity index (χ0) is 16.7. The molecule has 23 heavy (non-hydrogen) atoms. The maximum Gasteiger partial charge on any atom is 0.307 e. The van der Waals surface area contributed by atoms with Crippen LogP contribution in [0.4, 0.5) is 0 Å². The molecule has 2 aliphatic carbocycles. The number of piperazine rings is 1. The Morgan fingerprint density at radius 3 is 2.13 bits per heavy atom. The van der Waals surface area contributed by atoms with Gasteiger partial charge in [-0.2, -0.15) is 0 Å². The van der Waals surface area contributed by atoms with Crippen LogP contribution in [-0.2, 0) is 9.59 Å². The predicted molar refractivity (Wildman–Crippen MR) is 86.4 cm³/mol. The van der Waals surface area contributed by atoms with Gasteiger partial charge in [0.15, 0.2) is 0 Å². The molecular weight excluding hydrogens is 294 g/mol. The van der Waals surface area contributed by atoms with Gasteiger partial charge in [0.05, 0.1) is 11.8 Å². The summed E-state index contributed by atoms with van der Waals surface area (Å²) < 4.78 is 0. The standard InChI is InChI=1S/C17H27N3O3/c1-10(2)13-11-4-5-12(13)15(17(22)23)14(11)16(21)18-20-8-6-19(3)7-9-20/h11-12,14-15H,4-9H2,1-3H3,(H,18,21)(H,22,23)/t11-,12+,14-,15-/m1/s1. The highest BCUT2D eigenvalue weighted by atomic mass is 16.4. The van der Waals surface area contributed by atoms with Crippen molar-refractivity contribution in [1.29, 1.82) is 0 Å². The van der Waals surface area contributed by atoms with Gasteiger partial charge in [-0.25, -0.2) is 5.01 Å². The maximum atomic E-state index is 12.8. The van der Waals surface area contributed by atoms with Crippen LogP contribution in [0.2, 0.25) is 0 Å². The van der Waals surface area contributed by atoms with E-state index >= 15 is 0 Å². The topological polar surface area (TPSA) is 72.9 Å². The van der Waals surface area contributed by atoms with Gasteiger partial charge in [-0.15, -0.1) is 0 Å². The number of rotatable bonds is 3. The average molecular weight is 321 g/mol. The van der Waals surface area contributed by atoms with Gasteiger partial charge in [0.1, 0.15) is 0 Å². The zero-order valence-electron chi connectivity index (χ0n) is 14.2. The lowest BCUT2D eigenvalue weighted by Crippen LogP contribution is -2.55. The van der Waals surface area contributed by atoms with Gasteiger partial charge in [-0.05, 0) is 45.6 Å². The number of carboxylic acid groups (broad SMARTS) is 1. The van der Waals surface area contributed by atoms with Crippen molar-refractivity contribution in [2.24, 2.45) is 23.7 Å². The van der Waals surface area contributed by atoms with E-state index in [0.717, 1.165) is 39.0 Å². The Morgan fingerprint density at radius 1 is 1.04 bits per heavy atom. The first kappa shape index (κ1) is 16.5. The molecule has 3 aliphatic rings. The smallest absolute Gasteiger partial charge is 0.307 e. The van der Waals surface area contributed by atoms with Gasteiger partial charge < -0.3 is 10.0 Å². The first-order valence-corrected chi connectivity index (χ1v) is 8.54. The van der Waals surface area contributed by atoms with E-state index in [1.807, 2.05) is 18.9 Å². The molecule has 2 saturated carbocycles. The van der Waals surface area contributed by atoms with Crippen molar-refractivity contribution in [1.82, 2.24) is 15.3 Å². The number of hydrogen-bond donors (Lipinski definition) is 2. The molecule has 3 fully saturated rings. The van der Waals surface area contributed by atoms with Gasteiger partial charge in [-0.3, -0.25) is 15.0 Å². The minimum Gasteiger partial charge on any atom is -0.481 e. The quantitative estimate of drug-likeness (QED) is 0.758. The molecule has 128 valence electrons. The molecule has 6 heteroatoms. The summed E-state index contributed by atoms with van der Waals surface area (Å²) in [6.45, 7) is 7.49. The maximum absolute atomic E-state index is 12.8. The largest absolute Gasteiger partial charge is 0.481 e. The van der Waals surface area contributed by atoms with E-state index < -0.39 is 17.8 Å². The highest BCUT2D eigenvalue weighted by Crippen LogP contribution is 2.57. The first-order chi connectivity index (χ1) is 10.9. The Kier molecular flexibility index (Phi) is 4.47. The van der Waals surface area contributed by atoms with E-state index in [9.17, 15) is 14.7 Å². The summed E-state index contributed by atoms with van der Waals surface area (Å²) in [7, 11) is 2.07. The minimum atomic E-state index is -0.825. The summed E-state index contributed by atoms with van der Waals surface area (Å²) in [6, 6.07) is 0. The molecule has 1 aliphatic heterocycles. The van der Waals surface area contributed by atoms with E-state index in [2.05, 4.69) is 17.4 Å². The third-order valence-electron chi connectivity index (χ3n) is 5.78. The first-order valence-electron chi connectivity index (χ1n) is 8.54. The van der Waals surface area contributed by atoms with Crippen LogP contribution in [0.25, 0.3) is 0 Å². The number of fused-ring (bicyclic) bond motifs is 2. The van der Waals surface area contributed by atoms with E-state index in [-0.39, 0.29) is 17.7 Å². The Labute approximate surface area is 137 Å². The number of likely N-dealkylation sites (N-methyl/N-ethyl adjacent to an activating group) is 1. The Hall–Kier alpha value is -1.40. The fraction of sp³-hybridized carbons (Fsp3) is 0.765. The number of aliphatic carboxylic acids is 1. The van der Waals surface area contributed by atoms with Crippen LogP contribution in [0, 0.1) is 23.7 Å². The number of nitrogens with one attached hydrogen (secondary N) is 1. The molecule has 0 aromatic carbocycles. The molecule has 1 heterocycles. The van der Waals surface area contributed by atoms with Crippen molar-refractivity contribution in [3.8, 4) is 0 Å². The van der Waals surface area contributed by atoms with Crippen LogP contribution >= 0.6 is 0 Å². The van der Waals surface area contributed by atoms with E-state index in [1.165, 1.54) is 11.1 Å². The van der Waals surface area contributed by atoms with Crippen molar-refractivity contribution in [2.45, 2.75) is 26.7 Å². The fourth-order valence-corrected chi connectivity index (χ4v) is 4.75. The Bertz CT molecular complexity index is 533. The molecule has 1 saturated heterocycles. The van der Waals surface area contributed by atoms with Crippen molar-refractivity contribution >= 4 is 11.9 Å². The number of allylic oxidation sites excluding steroid dienone is 2. The Morgan fingerprint density at radius 2 is 1.61 bits per heavy atom. The number of carbonyl (C=O) groups is 2. The summed E-state index contributed by atoms with van der Waals surface area (Å²) in [5, 5.41) is 11.6. The monoisotopic (exact) mass is 321 g/mol. The van der Waals surface area contributed by atoms with Crippen LogP contribution in [0.1, 0.15) is 26.7 Å². The van der Waals surface area contributed by atoms with Gasteiger partial charge in [0.25, 0.3) is 0 Å². The van der Waals surface area contributed by atoms with E-state index in [4.69, 9.17) is 0 Å². The molecule has 2 bridgehead atoms. The summed E-state index contributed by atoms with van der Waals surface area (Å²) in [5.41, 5.74) is 5.42. The van der Waals surface area contributed by atoms with Gasteiger partial charge in [-0.1, -0.05) is 11.1 Å². The second-order valence-corrected chi connectivity index (χ2v) is 7.40. The summed E-state index contributed by atoms with van der Waals surface area (Å²) in [4.78, 5) is 26.8. The summed E-state index contributed by atoms with van der Waals surface area (Å²) in [6.07, 6.45) is 1.84. The predicted octanol–water partition coefficient (Wildman–Crippen LogP) is 0.958.